The van der Waals surface area contributed by atoms with Crippen molar-refractivity contribution in [3.63, 3.8) is 0 Å². The van der Waals surface area contributed by atoms with Gasteiger partial charge in [-0.25, -0.2) is 0 Å². The lowest BCUT2D eigenvalue weighted by Crippen LogP contribution is -2.28. The summed E-state index contributed by atoms with van der Waals surface area (Å²) in [4.78, 5) is 12.2. The van der Waals surface area contributed by atoms with Crippen LogP contribution in [0.3, 0.4) is 0 Å². The quantitative estimate of drug-likeness (QED) is 0.774. The Hall–Kier alpha value is -2.30. The van der Waals surface area contributed by atoms with Crippen LogP contribution < -0.4 is 5.32 Å². The second-order valence-corrected chi connectivity index (χ2v) is 5.36. The van der Waals surface area contributed by atoms with E-state index >= 15 is 0 Å². The van der Waals surface area contributed by atoms with Crippen LogP contribution in [-0.2, 0) is 0 Å². The maximum absolute atomic E-state index is 12.2. The molecule has 1 aromatic heterocycles. The van der Waals surface area contributed by atoms with E-state index < -0.39 is 6.10 Å². The van der Waals surface area contributed by atoms with Gasteiger partial charge >= 0.3 is 0 Å². The van der Waals surface area contributed by atoms with Crippen molar-refractivity contribution >= 4 is 28.5 Å². The number of para-hydroxylation sites is 1. The maximum Gasteiger partial charge on any atom is 0.255 e. The maximum atomic E-state index is 12.2. The van der Waals surface area contributed by atoms with E-state index in [1.807, 2.05) is 18.2 Å². The number of carbonyl (C=O) groups excluding carboxylic acids is 1. The highest BCUT2D eigenvalue weighted by Crippen LogP contribution is 2.21. The predicted molar refractivity (Wildman–Crippen MR) is 85.0 cm³/mol. The molecular formula is C17H14ClNO3. The number of aliphatic hydroxyl groups excluding tert-OH is 1. The van der Waals surface area contributed by atoms with E-state index in [2.05, 4.69) is 5.32 Å². The summed E-state index contributed by atoms with van der Waals surface area (Å²) in [5.74, 6) is -0.280. The molecule has 2 aromatic carbocycles. The lowest BCUT2D eigenvalue weighted by molar-refractivity contribution is 0.0917. The molecule has 0 fully saturated rings. The third-order valence-electron chi connectivity index (χ3n) is 3.44. The lowest BCUT2D eigenvalue weighted by Gasteiger charge is -2.12. The first-order valence-corrected chi connectivity index (χ1v) is 7.21. The topological polar surface area (TPSA) is 62.5 Å². The molecule has 0 saturated carbocycles. The van der Waals surface area contributed by atoms with E-state index in [0.29, 0.717) is 21.7 Å². The molecule has 1 atom stereocenters. The van der Waals surface area contributed by atoms with E-state index in [1.54, 1.807) is 30.3 Å². The number of hydrogen-bond donors (Lipinski definition) is 2. The van der Waals surface area contributed by atoms with Crippen LogP contribution in [0.25, 0.3) is 11.0 Å². The summed E-state index contributed by atoms with van der Waals surface area (Å²) >= 11 is 5.81. The van der Waals surface area contributed by atoms with Crippen LogP contribution in [0.15, 0.2) is 59.2 Å². The fourth-order valence-electron chi connectivity index (χ4n) is 2.24. The summed E-state index contributed by atoms with van der Waals surface area (Å²) in [6, 6.07) is 14.2. The Morgan fingerprint density at radius 1 is 1.18 bits per heavy atom. The van der Waals surface area contributed by atoms with Crippen LogP contribution in [0.1, 0.15) is 22.0 Å². The highest BCUT2D eigenvalue weighted by molar-refractivity contribution is 6.30. The summed E-state index contributed by atoms with van der Waals surface area (Å²) in [5, 5.41) is 14.2. The molecule has 0 spiro atoms. The van der Waals surface area contributed by atoms with Crippen LogP contribution in [0.5, 0.6) is 0 Å². The molecule has 3 rings (SSSR count). The minimum absolute atomic E-state index is 0.111. The number of fused-ring (bicyclic) bond motifs is 1. The van der Waals surface area contributed by atoms with Crippen molar-refractivity contribution in [2.24, 2.45) is 0 Å². The van der Waals surface area contributed by atoms with Gasteiger partial charge in [-0.05, 0) is 23.8 Å². The molecule has 0 radical (unpaired) electrons. The molecule has 5 heteroatoms. The van der Waals surface area contributed by atoms with Gasteiger partial charge in [0.05, 0.1) is 11.7 Å². The molecule has 0 bridgehead atoms. The van der Waals surface area contributed by atoms with Gasteiger partial charge in [0.1, 0.15) is 11.8 Å². The zero-order valence-corrected chi connectivity index (χ0v) is 12.4. The van der Waals surface area contributed by atoms with E-state index in [-0.39, 0.29) is 12.5 Å². The van der Waals surface area contributed by atoms with E-state index in [4.69, 9.17) is 16.0 Å². The van der Waals surface area contributed by atoms with Gasteiger partial charge in [0.25, 0.3) is 5.91 Å². The Bertz CT molecular complexity index is 795. The number of hydrogen-bond acceptors (Lipinski definition) is 3. The van der Waals surface area contributed by atoms with Gasteiger partial charge in [-0.15, -0.1) is 0 Å². The predicted octanol–water partition coefficient (Wildman–Crippen LogP) is 3.55. The summed E-state index contributed by atoms with van der Waals surface area (Å²) in [7, 11) is 0. The van der Waals surface area contributed by atoms with Crippen LogP contribution in [0, 0.1) is 0 Å². The van der Waals surface area contributed by atoms with E-state index in [9.17, 15) is 9.90 Å². The minimum atomic E-state index is -0.792. The van der Waals surface area contributed by atoms with Gasteiger partial charge in [0, 0.05) is 17.0 Å². The van der Waals surface area contributed by atoms with Crippen LogP contribution in [-0.4, -0.2) is 17.6 Å². The lowest BCUT2D eigenvalue weighted by atomic mass is 10.1. The first kappa shape index (κ1) is 14.6. The normalized spacial score (nSPS) is 12.3. The average Bonchev–Trinajstić information content (AvgIpc) is 2.97. The molecule has 0 aliphatic heterocycles. The Balaban J connectivity index is 1.68. The molecule has 2 N–H and O–H groups in total. The number of benzene rings is 2. The largest absolute Gasteiger partial charge is 0.463 e. The molecular weight excluding hydrogens is 302 g/mol. The monoisotopic (exact) mass is 315 g/mol. The first-order chi connectivity index (χ1) is 10.6. The molecule has 22 heavy (non-hydrogen) atoms. The van der Waals surface area contributed by atoms with Crippen molar-refractivity contribution < 1.29 is 14.3 Å². The van der Waals surface area contributed by atoms with Crippen molar-refractivity contribution in [2.75, 3.05) is 6.54 Å². The molecule has 3 aromatic rings. The minimum Gasteiger partial charge on any atom is -0.463 e. The number of aliphatic hydroxyl groups is 1. The van der Waals surface area contributed by atoms with E-state index in [0.717, 1.165) is 5.39 Å². The number of nitrogens with one attached hydrogen (secondary N) is 1. The Kier molecular flexibility index (Phi) is 4.13. The molecule has 1 unspecified atom stereocenters. The second kappa shape index (κ2) is 6.22. The molecule has 1 heterocycles. The summed E-state index contributed by atoms with van der Waals surface area (Å²) in [6.45, 7) is 0.111. The highest BCUT2D eigenvalue weighted by Gasteiger charge is 2.15. The van der Waals surface area contributed by atoms with Crippen molar-refractivity contribution in [1.82, 2.24) is 5.32 Å². The number of halogens is 1. The Morgan fingerprint density at radius 3 is 2.68 bits per heavy atom. The van der Waals surface area contributed by atoms with Gasteiger partial charge in [-0.2, -0.15) is 0 Å². The van der Waals surface area contributed by atoms with Crippen molar-refractivity contribution in [3.8, 4) is 0 Å². The molecule has 0 saturated heterocycles. The molecule has 112 valence electrons. The van der Waals surface area contributed by atoms with Crippen molar-refractivity contribution in [2.45, 2.75) is 6.10 Å². The molecule has 0 aliphatic carbocycles. The SMILES string of the molecule is O=C(NCC(O)c1ccc(Cl)cc1)c1coc2ccccc12. The molecule has 1 amide bonds. The standard InChI is InChI=1S/C17H14ClNO3/c18-12-7-5-11(6-8-12)15(20)9-19-17(21)14-10-22-16-4-2-1-3-13(14)16/h1-8,10,15,20H,9H2,(H,19,21). The van der Waals surface area contributed by atoms with Gasteiger partial charge in [-0.1, -0.05) is 41.9 Å². The highest BCUT2D eigenvalue weighted by atomic mass is 35.5. The zero-order valence-electron chi connectivity index (χ0n) is 11.6. The Labute approximate surface area is 132 Å². The van der Waals surface area contributed by atoms with Gasteiger partial charge in [0.2, 0.25) is 0 Å². The van der Waals surface area contributed by atoms with Gasteiger partial charge in [-0.3, -0.25) is 4.79 Å². The molecule has 4 nitrogen and oxygen atoms in total. The Morgan fingerprint density at radius 2 is 1.91 bits per heavy atom. The second-order valence-electron chi connectivity index (χ2n) is 4.92. The van der Waals surface area contributed by atoms with E-state index in [1.165, 1.54) is 6.26 Å². The van der Waals surface area contributed by atoms with Crippen molar-refractivity contribution in [3.05, 3.63) is 70.9 Å². The molecule has 0 aliphatic rings. The van der Waals surface area contributed by atoms with Gasteiger partial charge < -0.3 is 14.8 Å². The third-order valence-corrected chi connectivity index (χ3v) is 3.69. The fourth-order valence-corrected chi connectivity index (χ4v) is 2.37. The number of rotatable bonds is 4. The average molecular weight is 316 g/mol. The summed E-state index contributed by atoms with van der Waals surface area (Å²) in [6.07, 6.45) is 0.633. The van der Waals surface area contributed by atoms with Crippen molar-refractivity contribution in [1.29, 1.82) is 0 Å². The van der Waals surface area contributed by atoms with Gasteiger partial charge in [0.15, 0.2) is 0 Å². The summed E-state index contributed by atoms with van der Waals surface area (Å²) in [5.41, 5.74) is 1.81. The summed E-state index contributed by atoms with van der Waals surface area (Å²) < 4.78 is 5.34. The smallest absolute Gasteiger partial charge is 0.255 e. The van der Waals surface area contributed by atoms with Crippen LogP contribution in [0.4, 0.5) is 0 Å². The van der Waals surface area contributed by atoms with Crippen LogP contribution in [0.2, 0.25) is 5.02 Å². The number of amides is 1. The fraction of sp³-hybridized carbons (Fsp3) is 0.118. The van der Waals surface area contributed by atoms with Crippen LogP contribution >= 0.6 is 11.6 Å². The number of furan rings is 1. The first-order valence-electron chi connectivity index (χ1n) is 6.83. The zero-order chi connectivity index (χ0) is 15.5. The third kappa shape index (κ3) is 2.98. The number of carbonyl (C=O) groups is 1.